The maximum atomic E-state index is 11.6. The van der Waals surface area contributed by atoms with Gasteiger partial charge in [-0.15, -0.1) is 0 Å². The van der Waals surface area contributed by atoms with Crippen molar-refractivity contribution in [2.75, 3.05) is 11.5 Å². The van der Waals surface area contributed by atoms with Crippen molar-refractivity contribution in [1.82, 2.24) is 9.78 Å². The van der Waals surface area contributed by atoms with Gasteiger partial charge in [-0.05, 0) is 18.6 Å². The van der Waals surface area contributed by atoms with Gasteiger partial charge < -0.3 is 0 Å². The van der Waals surface area contributed by atoms with Gasteiger partial charge in [-0.2, -0.15) is 5.10 Å². The number of carbonyl (C=O) groups is 1. The Balaban J connectivity index is 2.01. The number of nitrogens with zero attached hydrogens (tertiary/aromatic N) is 2. The van der Waals surface area contributed by atoms with Gasteiger partial charge in [0.05, 0.1) is 23.1 Å². The number of benzene rings is 1. The minimum atomic E-state index is -3.00. The van der Waals surface area contributed by atoms with Crippen molar-refractivity contribution in [2.24, 2.45) is 0 Å². The van der Waals surface area contributed by atoms with Crippen LogP contribution in [0.15, 0.2) is 30.5 Å². The third-order valence-corrected chi connectivity index (χ3v) is 5.55. The van der Waals surface area contributed by atoms with Crippen molar-refractivity contribution < 1.29 is 13.2 Å². The number of halogens is 1. The molecule has 2 heterocycles. The van der Waals surface area contributed by atoms with E-state index in [0.717, 1.165) is 11.8 Å². The molecular weight excluding hydrogens is 312 g/mol. The monoisotopic (exact) mass is 324 g/mol. The second kappa shape index (κ2) is 5.27. The average Bonchev–Trinajstić information content (AvgIpc) is 3.01. The van der Waals surface area contributed by atoms with E-state index in [-0.39, 0.29) is 17.5 Å². The van der Waals surface area contributed by atoms with E-state index in [0.29, 0.717) is 22.7 Å². The van der Waals surface area contributed by atoms with Crippen molar-refractivity contribution in [2.45, 2.75) is 12.5 Å². The first-order valence-electron chi connectivity index (χ1n) is 6.49. The molecule has 0 spiro atoms. The molecule has 0 aliphatic carbocycles. The van der Waals surface area contributed by atoms with Crippen LogP contribution >= 0.6 is 11.6 Å². The van der Waals surface area contributed by atoms with Crippen LogP contribution in [0.25, 0.3) is 11.3 Å². The van der Waals surface area contributed by atoms with E-state index >= 15 is 0 Å². The predicted octanol–water partition coefficient (Wildman–Crippen LogP) is 2.38. The topological polar surface area (TPSA) is 69.0 Å². The molecule has 1 aromatic carbocycles. The molecular formula is C14H13ClN2O3S. The maximum Gasteiger partial charge on any atom is 0.153 e. The standard InChI is InChI=1S/C14H13ClN2O3S/c15-12-3-1-2-10(6-12)14-11(8-18)7-17(16-14)13-4-5-21(19,20)9-13/h1-3,6-8,13H,4-5,9H2. The second-order valence-electron chi connectivity index (χ2n) is 5.10. The van der Waals surface area contributed by atoms with Crippen molar-refractivity contribution in [3.8, 4) is 11.3 Å². The summed E-state index contributed by atoms with van der Waals surface area (Å²) in [6, 6.07) is 6.86. The fraction of sp³-hybridized carbons (Fsp3) is 0.286. The summed E-state index contributed by atoms with van der Waals surface area (Å²) < 4.78 is 24.7. The van der Waals surface area contributed by atoms with Gasteiger partial charge in [0.2, 0.25) is 0 Å². The Labute approximate surface area is 127 Å². The smallest absolute Gasteiger partial charge is 0.153 e. The summed E-state index contributed by atoms with van der Waals surface area (Å²) in [5.41, 5.74) is 1.70. The zero-order valence-corrected chi connectivity index (χ0v) is 12.6. The molecule has 1 unspecified atom stereocenters. The number of sulfone groups is 1. The van der Waals surface area contributed by atoms with E-state index in [1.807, 2.05) is 6.07 Å². The number of aldehydes is 1. The third kappa shape index (κ3) is 2.87. The number of rotatable bonds is 3. The fourth-order valence-corrected chi connectivity index (χ4v) is 4.42. The molecule has 0 N–H and O–H groups in total. The minimum Gasteiger partial charge on any atom is -0.298 e. The fourth-order valence-electron chi connectivity index (χ4n) is 2.52. The molecule has 0 radical (unpaired) electrons. The summed E-state index contributed by atoms with van der Waals surface area (Å²) in [6.07, 6.45) is 2.86. The van der Waals surface area contributed by atoms with Crippen LogP contribution in [0.4, 0.5) is 0 Å². The Hall–Kier alpha value is -1.66. The SMILES string of the molecule is O=Cc1cn(C2CCS(=O)(=O)C2)nc1-c1cccc(Cl)c1. The van der Waals surface area contributed by atoms with E-state index in [1.165, 1.54) is 0 Å². The number of carbonyl (C=O) groups excluding carboxylic acids is 1. The lowest BCUT2D eigenvalue weighted by Gasteiger charge is -2.07. The second-order valence-corrected chi connectivity index (χ2v) is 7.76. The van der Waals surface area contributed by atoms with E-state index in [1.54, 1.807) is 29.1 Å². The van der Waals surface area contributed by atoms with E-state index in [4.69, 9.17) is 11.6 Å². The predicted molar refractivity (Wildman–Crippen MR) is 80.4 cm³/mol. The Morgan fingerprint density at radius 2 is 2.19 bits per heavy atom. The van der Waals surface area contributed by atoms with Gasteiger partial charge in [-0.25, -0.2) is 8.42 Å². The zero-order valence-electron chi connectivity index (χ0n) is 11.1. The highest BCUT2D eigenvalue weighted by atomic mass is 35.5. The van der Waals surface area contributed by atoms with Crippen molar-refractivity contribution in [1.29, 1.82) is 0 Å². The average molecular weight is 325 g/mol. The molecule has 5 nitrogen and oxygen atoms in total. The molecule has 1 aliphatic rings. The highest BCUT2D eigenvalue weighted by Gasteiger charge is 2.30. The molecule has 21 heavy (non-hydrogen) atoms. The van der Waals surface area contributed by atoms with Crippen LogP contribution in [0.5, 0.6) is 0 Å². The number of hydrogen-bond donors (Lipinski definition) is 0. The van der Waals surface area contributed by atoms with Gasteiger partial charge in [0, 0.05) is 16.8 Å². The molecule has 3 rings (SSSR count). The summed E-state index contributed by atoms with van der Waals surface area (Å²) in [5, 5.41) is 4.96. The van der Waals surface area contributed by atoms with Gasteiger partial charge in [-0.3, -0.25) is 9.48 Å². The van der Waals surface area contributed by atoms with Crippen LogP contribution in [-0.4, -0.2) is 36.0 Å². The van der Waals surface area contributed by atoms with E-state index < -0.39 is 9.84 Å². The lowest BCUT2D eigenvalue weighted by Crippen LogP contribution is -2.11. The highest BCUT2D eigenvalue weighted by Crippen LogP contribution is 2.28. The molecule has 7 heteroatoms. The Bertz CT molecular complexity index is 798. The lowest BCUT2D eigenvalue weighted by molar-refractivity contribution is 0.112. The quantitative estimate of drug-likeness (QED) is 0.813. The van der Waals surface area contributed by atoms with Crippen LogP contribution in [-0.2, 0) is 9.84 Å². The molecule has 1 aliphatic heterocycles. The van der Waals surface area contributed by atoms with E-state index in [2.05, 4.69) is 5.10 Å². The largest absolute Gasteiger partial charge is 0.298 e. The Morgan fingerprint density at radius 1 is 1.38 bits per heavy atom. The van der Waals surface area contributed by atoms with Crippen LogP contribution in [0, 0.1) is 0 Å². The minimum absolute atomic E-state index is 0.0714. The van der Waals surface area contributed by atoms with Gasteiger partial charge in [0.25, 0.3) is 0 Å². The van der Waals surface area contributed by atoms with Crippen LogP contribution in [0.1, 0.15) is 22.8 Å². The highest BCUT2D eigenvalue weighted by molar-refractivity contribution is 7.91. The van der Waals surface area contributed by atoms with Crippen LogP contribution in [0.2, 0.25) is 5.02 Å². The van der Waals surface area contributed by atoms with E-state index in [9.17, 15) is 13.2 Å². The first-order valence-corrected chi connectivity index (χ1v) is 8.69. The summed E-state index contributed by atoms with van der Waals surface area (Å²) >= 11 is 5.96. The van der Waals surface area contributed by atoms with Crippen molar-refractivity contribution >= 4 is 27.7 Å². The van der Waals surface area contributed by atoms with Crippen molar-refractivity contribution in [3.05, 3.63) is 41.0 Å². The van der Waals surface area contributed by atoms with Crippen LogP contribution < -0.4 is 0 Å². The third-order valence-electron chi connectivity index (χ3n) is 3.57. The lowest BCUT2D eigenvalue weighted by atomic mass is 10.1. The molecule has 1 fully saturated rings. The Kier molecular flexibility index (Phi) is 3.59. The summed E-state index contributed by atoms with van der Waals surface area (Å²) in [5.74, 6) is 0.239. The van der Waals surface area contributed by atoms with Crippen molar-refractivity contribution in [3.63, 3.8) is 0 Å². The normalized spacial score (nSPS) is 20.5. The number of hydrogen-bond acceptors (Lipinski definition) is 4. The van der Waals surface area contributed by atoms with Crippen LogP contribution in [0.3, 0.4) is 0 Å². The molecule has 0 amide bonds. The van der Waals surface area contributed by atoms with Gasteiger partial charge in [0.1, 0.15) is 5.69 Å². The first-order chi connectivity index (χ1) is 9.98. The van der Waals surface area contributed by atoms with Gasteiger partial charge >= 0.3 is 0 Å². The van der Waals surface area contributed by atoms with Gasteiger partial charge in [-0.1, -0.05) is 23.7 Å². The molecule has 1 saturated heterocycles. The molecule has 1 atom stereocenters. The molecule has 1 aromatic heterocycles. The first kappa shape index (κ1) is 14.3. The molecule has 2 aromatic rings. The molecule has 110 valence electrons. The summed E-state index contributed by atoms with van der Waals surface area (Å²) in [6.45, 7) is 0. The maximum absolute atomic E-state index is 11.6. The summed E-state index contributed by atoms with van der Waals surface area (Å²) in [7, 11) is -3.00. The number of aromatic nitrogens is 2. The zero-order chi connectivity index (χ0) is 15.0. The summed E-state index contributed by atoms with van der Waals surface area (Å²) in [4.78, 5) is 11.2. The molecule has 0 bridgehead atoms. The Morgan fingerprint density at radius 3 is 2.81 bits per heavy atom. The van der Waals surface area contributed by atoms with Gasteiger partial charge in [0.15, 0.2) is 16.1 Å². The molecule has 0 saturated carbocycles.